The highest BCUT2D eigenvalue weighted by Crippen LogP contribution is 2.28. The van der Waals surface area contributed by atoms with Crippen molar-refractivity contribution in [1.29, 1.82) is 0 Å². The van der Waals surface area contributed by atoms with Gasteiger partial charge in [-0.15, -0.1) is 0 Å². The van der Waals surface area contributed by atoms with Gasteiger partial charge in [0.2, 0.25) is 5.91 Å². The van der Waals surface area contributed by atoms with Crippen molar-refractivity contribution in [3.63, 3.8) is 0 Å². The molecule has 6 nitrogen and oxygen atoms in total. The summed E-state index contributed by atoms with van der Waals surface area (Å²) in [5, 5.41) is 1.76. The van der Waals surface area contributed by atoms with Gasteiger partial charge in [-0.25, -0.2) is 8.42 Å². The van der Waals surface area contributed by atoms with Crippen molar-refractivity contribution in [3.05, 3.63) is 132 Å². The molecule has 1 amide bonds. The third-order valence-electron chi connectivity index (χ3n) is 5.80. The average Bonchev–Trinajstić information content (AvgIpc) is 2.93. The van der Waals surface area contributed by atoms with E-state index in [1.807, 2.05) is 61.5 Å². The Morgan fingerprint density at radius 1 is 0.946 bits per heavy atom. The van der Waals surface area contributed by atoms with E-state index in [0.717, 1.165) is 22.4 Å². The zero-order valence-electron chi connectivity index (χ0n) is 20.4. The van der Waals surface area contributed by atoms with Gasteiger partial charge in [-0.05, 0) is 60.0 Å². The first kappa shape index (κ1) is 25.9. The number of hydrogen-bond donors (Lipinski definition) is 1. The molecule has 1 unspecified atom stereocenters. The molecule has 1 heterocycles. The molecular formula is C30H28N2O4S. The van der Waals surface area contributed by atoms with Crippen LogP contribution in [-0.4, -0.2) is 25.9 Å². The molecule has 7 heteroatoms. The quantitative estimate of drug-likeness (QED) is 0.291. The highest BCUT2D eigenvalue weighted by atomic mass is 32.2. The van der Waals surface area contributed by atoms with Gasteiger partial charge < -0.3 is 10.1 Å². The zero-order valence-corrected chi connectivity index (χ0v) is 21.3. The van der Waals surface area contributed by atoms with Gasteiger partial charge in [0.1, 0.15) is 17.6 Å². The zero-order chi connectivity index (χ0) is 26.1. The highest BCUT2D eigenvalue weighted by molar-refractivity contribution is 7.91. The molecule has 0 aliphatic rings. The molecule has 0 radical (unpaired) electrons. The van der Waals surface area contributed by atoms with Crippen molar-refractivity contribution in [2.24, 2.45) is 0 Å². The van der Waals surface area contributed by atoms with Crippen LogP contribution in [-0.2, 0) is 21.2 Å². The third kappa shape index (κ3) is 7.15. The smallest absolute Gasteiger partial charge is 0.244 e. The van der Waals surface area contributed by atoms with Gasteiger partial charge in [0.15, 0.2) is 9.84 Å². The van der Waals surface area contributed by atoms with Crippen LogP contribution >= 0.6 is 0 Å². The summed E-state index contributed by atoms with van der Waals surface area (Å²) in [6.07, 6.45) is 6.15. The number of hydrogen-bond acceptors (Lipinski definition) is 5. The minimum absolute atomic E-state index is 0.0860. The summed E-state index contributed by atoms with van der Waals surface area (Å²) in [5.41, 5.74) is 3.37. The molecule has 4 aromatic rings. The molecule has 0 bridgehead atoms. The molecule has 1 atom stereocenters. The predicted octanol–water partition coefficient (Wildman–Crippen LogP) is 5.31. The number of aryl methyl sites for hydroxylation is 1. The summed E-state index contributed by atoms with van der Waals surface area (Å²) in [6, 6.07) is 27.3. The second kappa shape index (κ2) is 12.1. The topological polar surface area (TPSA) is 85.4 Å². The summed E-state index contributed by atoms with van der Waals surface area (Å²) in [5.74, 6) is 0.337. The minimum atomic E-state index is -3.76. The van der Waals surface area contributed by atoms with E-state index in [-0.39, 0.29) is 11.4 Å². The van der Waals surface area contributed by atoms with Crippen LogP contribution in [0.2, 0.25) is 0 Å². The van der Waals surface area contributed by atoms with Gasteiger partial charge in [0, 0.05) is 25.0 Å². The van der Waals surface area contributed by atoms with Gasteiger partial charge in [0.05, 0.1) is 4.90 Å². The van der Waals surface area contributed by atoms with Gasteiger partial charge >= 0.3 is 0 Å². The van der Waals surface area contributed by atoms with Crippen LogP contribution in [0.4, 0.5) is 0 Å². The van der Waals surface area contributed by atoms with Crippen LogP contribution in [0, 0.1) is 6.92 Å². The number of sulfone groups is 1. The van der Waals surface area contributed by atoms with E-state index in [4.69, 9.17) is 4.74 Å². The Morgan fingerprint density at radius 2 is 1.68 bits per heavy atom. The Bertz CT molecular complexity index is 1440. The van der Waals surface area contributed by atoms with E-state index in [0.29, 0.717) is 12.2 Å². The monoisotopic (exact) mass is 512 g/mol. The second-order valence-corrected chi connectivity index (χ2v) is 10.7. The summed E-state index contributed by atoms with van der Waals surface area (Å²) in [7, 11) is -3.76. The molecule has 37 heavy (non-hydrogen) atoms. The van der Waals surface area contributed by atoms with Crippen LogP contribution in [0.3, 0.4) is 0 Å². The number of rotatable bonds is 10. The van der Waals surface area contributed by atoms with Crippen molar-refractivity contribution in [2.75, 3.05) is 6.54 Å². The maximum Gasteiger partial charge on any atom is 0.244 e. The summed E-state index contributed by atoms with van der Waals surface area (Å²) in [6.45, 7) is 2.28. The number of carbonyl (C=O) groups is 1. The Morgan fingerprint density at radius 3 is 2.35 bits per heavy atom. The molecule has 1 aromatic heterocycles. The first-order chi connectivity index (χ1) is 17.9. The maximum atomic E-state index is 13.4. The average molecular weight is 513 g/mol. The summed E-state index contributed by atoms with van der Waals surface area (Å²) in [4.78, 5) is 16.8. The molecule has 1 N–H and O–H groups in total. The number of nitrogens with one attached hydrogen (secondary N) is 1. The van der Waals surface area contributed by atoms with Crippen molar-refractivity contribution in [3.8, 4) is 5.75 Å². The minimum Gasteiger partial charge on any atom is -0.489 e. The van der Waals surface area contributed by atoms with Crippen LogP contribution in [0.15, 0.2) is 114 Å². The summed E-state index contributed by atoms with van der Waals surface area (Å²) >= 11 is 0. The standard InChI is InChI=1S/C30H28N2O4S/c1-23-9-16-28(17-10-23)37(34,35)29(26-8-5-19-31-20-26)21-32-30(33)18-13-24-11-14-27(15-12-24)36-22-25-6-3-2-4-7-25/h2-20,29H,21-22H2,1H3,(H,32,33)/b18-13+. The largest absolute Gasteiger partial charge is 0.489 e. The van der Waals surface area contributed by atoms with Crippen molar-refractivity contribution >= 4 is 21.8 Å². The van der Waals surface area contributed by atoms with E-state index in [9.17, 15) is 13.2 Å². The Hall–Kier alpha value is -4.23. The Balaban J connectivity index is 1.39. The molecule has 0 saturated heterocycles. The molecule has 0 fully saturated rings. The van der Waals surface area contributed by atoms with Crippen molar-refractivity contribution < 1.29 is 17.9 Å². The van der Waals surface area contributed by atoms with Crippen LogP contribution < -0.4 is 10.1 Å². The van der Waals surface area contributed by atoms with Crippen molar-refractivity contribution in [1.82, 2.24) is 10.3 Å². The molecule has 0 aliphatic carbocycles. The second-order valence-electron chi connectivity index (χ2n) is 8.55. The lowest BCUT2D eigenvalue weighted by molar-refractivity contribution is -0.116. The van der Waals surface area contributed by atoms with E-state index in [1.165, 1.54) is 12.3 Å². The number of amides is 1. The van der Waals surface area contributed by atoms with Gasteiger partial charge in [0.25, 0.3) is 0 Å². The molecule has 0 spiro atoms. The van der Waals surface area contributed by atoms with E-state index >= 15 is 0 Å². The maximum absolute atomic E-state index is 13.4. The van der Waals surface area contributed by atoms with Crippen LogP contribution in [0.25, 0.3) is 6.08 Å². The number of nitrogens with zero attached hydrogens (tertiary/aromatic N) is 1. The van der Waals surface area contributed by atoms with Gasteiger partial charge in [-0.3, -0.25) is 9.78 Å². The van der Waals surface area contributed by atoms with Crippen LogP contribution in [0.5, 0.6) is 5.75 Å². The van der Waals surface area contributed by atoms with E-state index < -0.39 is 21.0 Å². The first-order valence-electron chi connectivity index (χ1n) is 11.8. The van der Waals surface area contributed by atoms with Gasteiger partial charge in [-0.2, -0.15) is 0 Å². The fourth-order valence-corrected chi connectivity index (χ4v) is 5.35. The highest BCUT2D eigenvalue weighted by Gasteiger charge is 2.29. The third-order valence-corrected chi connectivity index (χ3v) is 7.91. The number of benzene rings is 3. The van der Waals surface area contributed by atoms with Crippen LogP contribution in [0.1, 0.15) is 27.5 Å². The molecule has 0 saturated carbocycles. The summed E-state index contributed by atoms with van der Waals surface area (Å²) < 4.78 is 32.6. The molecule has 3 aromatic carbocycles. The SMILES string of the molecule is Cc1ccc(S(=O)(=O)C(CNC(=O)/C=C/c2ccc(OCc3ccccc3)cc2)c2cccnc2)cc1. The van der Waals surface area contributed by atoms with Gasteiger partial charge in [-0.1, -0.05) is 66.2 Å². The fraction of sp³-hybridized carbons (Fsp3) is 0.133. The van der Waals surface area contributed by atoms with E-state index in [1.54, 1.807) is 48.7 Å². The molecular weight excluding hydrogens is 484 g/mol. The number of ether oxygens (including phenoxy) is 1. The number of aromatic nitrogens is 1. The number of pyridine rings is 1. The predicted molar refractivity (Wildman–Crippen MR) is 145 cm³/mol. The van der Waals surface area contributed by atoms with E-state index in [2.05, 4.69) is 10.3 Å². The lowest BCUT2D eigenvalue weighted by atomic mass is 10.2. The molecule has 4 rings (SSSR count). The lowest BCUT2D eigenvalue weighted by Gasteiger charge is -2.18. The molecule has 0 aliphatic heterocycles. The number of carbonyl (C=O) groups excluding carboxylic acids is 1. The Kier molecular flexibility index (Phi) is 8.48. The molecule has 188 valence electrons. The lowest BCUT2D eigenvalue weighted by Crippen LogP contribution is -2.31. The van der Waals surface area contributed by atoms with Crippen molar-refractivity contribution in [2.45, 2.75) is 23.7 Å². The normalized spacial score (nSPS) is 12.2. The first-order valence-corrected chi connectivity index (χ1v) is 13.4. The fourth-order valence-electron chi connectivity index (χ4n) is 3.71. The Labute approximate surface area is 217 Å².